The molecule has 7 nitrogen and oxygen atoms in total. The van der Waals surface area contributed by atoms with E-state index in [0.29, 0.717) is 12.2 Å². The van der Waals surface area contributed by atoms with Crippen molar-refractivity contribution in [3.05, 3.63) is 64.6 Å². The first-order valence-corrected chi connectivity index (χ1v) is 9.25. The molecule has 0 atom stereocenters. The second kappa shape index (κ2) is 8.16. The molecule has 3 aromatic rings. The number of amides is 1. The predicted octanol–water partition coefficient (Wildman–Crippen LogP) is 4.07. The molecule has 1 amide bonds. The molecule has 0 fully saturated rings. The monoisotopic (exact) mass is 417 g/mol. The highest BCUT2D eigenvalue weighted by Crippen LogP contribution is 2.29. The lowest BCUT2D eigenvalue weighted by Crippen LogP contribution is -2.19. The number of benzene rings is 1. The molecule has 0 saturated carbocycles. The van der Waals surface area contributed by atoms with Gasteiger partial charge in [-0.05, 0) is 23.8 Å². The minimum absolute atomic E-state index is 0.0610. The van der Waals surface area contributed by atoms with E-state index < -0.39 is 5.91 Å². The second-order valence-electron chi connectivity index (χ2n) is 7.45. The fourth-order valence-corrected chi connectivity index (χ4v) is 2.81. The van der Waals surface area contributed by atoms with Crippen molar-refractivity contribution in [3.63, 3.8) is 0 Å². The van der Waals surface area contributed by atoms with Crippen molar-refractivity contribution >= 4 is 23.2 Å². The SMILES string of the molecule is COc1ncnc(Cl)c1NC(=O)c1cc(C(C)(C)C)nn1Cc1ccc(F)cc1. The number of rotatable bonds is 5. The summed E-state index contributed by atoms with van der Waals surface area (Å²) >= 11 is 6.10. The van der Waals surface area contributed by atoms with E-state index >= 15 is 0 Å². The fraction of sp³-hybridized carbons (Fsp3) is 0.300. The standard InChI is InChI=1S/C20H21ClFN5O2/c1-20(2,3)15-9-14(27(26-15)10-12-5-7-13(22)8-6-12)18(28)25-16-17(21)23-11-24-19(16)29-4/h5-9,11H,10H2,1-4H3,(H,25,28). The third-order valence-electron chi connectivity index (χ3n) is 4.22. The molecule has 1 N–H and O–H groups in total. The van der Waals surface area contributed by atoms with Gasteiger partial charge < -0.3 is 10.1 Å². The fourth-order valence-electron chi connectivity index (χ4n) is 2.64. The van der Waals surface area contributed by atoms with Gasteiger partial charge in [0.1, 0.15) is 23.5 Å². The number of aromatic nitrogens is 4. The average Bonchev–Trinajstić information content (AvgIpc) is 3.09. The van der Waals surface area contributed by atoms with E-state index in [1.54, 1.807) is 22.9 Å². The zero-order valence-electron chi connectivity index (χ0n) is 16.5. The number of hydrogen-bond donors (Lipinski definition) is 1. The van der Waals surface area contributed by atoms with Crippen LogP contribution in [0.4, 0.5) is 10.1 Å². The Hall–Kier alpha value is -3.00. The molecule has 29 heavy (non-hydrogen) atoms. The summed E-state index contributed by atoms with van der Waals surface area (Å²) in [5, 5.41) is 7.36. The largest absolute Gasteiger partial charge is 0.479 e. The van der Waals surface area contributed by atoms with E-state index in [1.165, 1.54) is 25.6 Å². The van der Waals surface area contributed by atoms with E-state index in [-0.39, 0.29) is 28.0 Å². The zero-order valence-corrected chi connectivity index (χ0v) is 17.3. The van der Waals surface area contributed by atoms with Crippen molar-refractivity contribution in [2.45, 2.75) is 32.7 Å². The average molecular weight is 418 g/mol. The zero-order chi connectivity index (χ0) is 21.2. The Labute approximate surface area is 172 Å². The Bertz CT molecular complexity index is 1030. The number of carbonyl (C=O) groups excluding carboxylic acids is 1. The van der Waals surface area contributed by atoms with Crippen LogP contribution in [-0.2, 0) is 12.0 Å². The van der Waals surface area contributed by atoms with Crippen LogP contribution >= 0.6 is 11.6 Å². The Kier molecular flexibility index (Phi) is 5.83. The molecule has 2 heterocycles. The predicted molar refractivity (Wildman–Crippen MR) is 108 cm³/mol. The van der Waals surface area contributed by atoms with Gasteiger partial charge in [-0.1, -0.05) is 44.5 Å². The highest BCUT2D eigenvalue weighted by molar-refractivity contribution is 6.33. The van der Waals surface area contributed by atoms with Gasteiger partial charge in [-0.3, -0.25) is 9.48 Å². The van der Waals surface area contributed by atoms with Crippen LogP contribution in [0.2, 0.25) is 5.15 Å². The summed E-state index contributed by atoms with van der Waals surface area (Å²) in [6.07, 6.45) is 1.24. The molecule has 0 spiro atoms. The first-order chi connectivity index (χ1) is 13.7. The lowest BCUT2D eigenvalue weighted by molar-refractivity contribution is 0.101. The molecule has 0 unspecified atom stereocenters. The van der Waals surface area contributed by atoms with Crippen LogP contribution in [0.25, 0.3) is 0 Å². The van der Waals surface area contributed by atoms with Crippen molar-refractivity contribution < 1.29 is 13.9 Å². The third-order valence-corrected chi connectivity index (χ3v) is 4.51. The van der Waals surface area contributed by atoms with Crippen LogP contribution in [-0.4, -0.2) is 32.8 Å². The Balaban J connectivity index is 1.97. The number of anilines is 1. The quantitative estimate of drug-likeness (QED) is 0.633. The Morgan fingerprint density at radius 1 is 1.24 bits per heavy atom. The van der Waals surface area contributed by atoms with E-state index in [2.05, 4.69) is 20.4 Å². The van der Waals surface area contributed by atoms with Gasteiger partial charge in [0.15, 0.2) is 5.15 Å². The summed E-state index contributed by atoms with van der Waals surface area (Å²) in [5.41, 5.74) is 1.78. The molecule has 2 aromatic heterocycles. The van der Waals surface area contributed by atoms with Gasteiger partial charge in [-0.15, -0.1) is 0 Å². The maximum atomic E-state index is 13.2. The highest BCUT2D eigenvalue weighted by Gasteiger charge is 2.24. The molecule has 0 aliphatic rings. The number of methoxy groups -OCH3 is 1. The summed E-state index contributed by atoms with van der Waals surface area (Å²) in [4.78, 5) is 20.9. The molecule has 3 rings (SSSR count). The normalized spacial score (nSPS) is 11.4. The van der Waals surface area contributed by atoms with Crippen LogP contribution in [0.1, 0.15) is 42.5 Å². The minimum Gasteiger partial charge on any atom is -0.479 e. The van der Waals surface area contributed by atoms with Crippen molar-refractivity contribution in [1.29, 1.82) is 0 Å². The summed E-state index contributed by atoms with van der Waals surface area (Å²) < 4.78 is 20.0. The molecule has 9 heteroatoms. The Morgan fingerprint density at radius 3 is 2.55 bits per heavy atom. The smallest absolute Gasteiger partial charge is 0.274 e. The molecule has 1 aromatic carbocycles. The third kappa shape index (κ3) is 4.71. The summed E-state index contributed by atoms with van der Waals surface area (Å²) in [6, 6.07) is 7.77. The van der Waals surface area contributed by atoms with Gasteiger partial charge in [0.05, 0.1) is 19.3 Å². The van der Waals surface area contributed by atoms with E-state index in [1.807, 2.05) is 20.8 Å². The number of hydrogen-bond acceptors (Lipinski definition) is 5. The minimum atomic E-state index is -0.440. The van der Waals surface area contributed by atoms with Gasteiger partial charge in [-0.2, -0.15) is 10.1 Å². The molecular weight excluding hydrogens is 397 g/mol. The molecular formula is C20H21ClFN5O2. The van der Waals surface area contributed by atoms with Gasteiger partial charge >= 0.3 is 0 Å². The van der Waals surface area contributed by atoms with E-state index in [0.717, 1.165) is 11.3 Å². The van der Waals surface area contributed by atoms with Crippen LogP contribution < -0.4 is 10.1 Å². The maximum Gasteiger partial charge on any atom is 0.274 e. The molecule has 0 saturated heterocycles. The van der Waals surface area contributed by atoms with Crippen LogP contribution in [0.3, 0.4) is 0 Å². The van der Waals surface area contributed by atoms with Crippen LogP contribution in [0.5, 0.6) is 5.88 Å². The molecule has 0 bridgehead atoms. The summed E-state index contributed by atoms with van der Waals surface area (Å²) in [7, 11) is 1.42. The molecule has 0 radical (unpaired) electrons. The first-order valence-electron chi connectivity index (χ1n) is 8.87. The lowest BCUT2D eigenvalue weighted by atomic mass is 9.92. The summed E-state index contributed by atoms with van der Waals surface area (Å²) in [5.74, 6) is -0.613. The second-order valence-corrected chi connectivity index (χ2v) is 7.81. The number of nitrogens with zero attached hydrogens (tertiary/aromatic N) is 4. The number of nitrogens with one attached hydrogen (secondary N) is 1. The highest BCUT2D eigenvalue weighted by atomic mass is 35.5. The summed E-state index contributed by atoms with van der Waals surface area (Å²) in [6.45, 7) is 6.31. The van der Waals surface area contributed by atoms with Gasteiger partial charge in [-0.25, -0.2) is 9.37 Å². The number of carbonyl (C=O) groups is 1. The van der Waals surface area contributed by atoms with Gasteiger partial charge in [0, 0.05) is 5.41 Å². The van der Waals surface area contributed by atoms with Gasteiger partial charge in [0.25, 0.3) is 5.91 Å². The van der Waals surface area contributed by atoms with Crippen molar-refractivity contribution in [2.24, 2.45) is 0 Å². The number of ether oxygens (including phenoxy) is 1. The topological polar surface area (TPSA) is 81.9 Å². The van der Waals surface area contributed by atoms with E-state index in [9.17, 15) is 9.18 Å². The van der Waals surface area contributed by atoms with Crippen LogP contribution in [0, 0.1) is 5.82 Å². The van der Waals surface area contributed by atoms with Crippen molar-refractivity contribution in [2.75, 3.05) is 12.4 Å². The van der Waals surface area contributed by atoms with Gasteiger partial charge in [0.2, 0.25) is 5.88 Å². The van der Waals surface area contributed by atoms with Crippen molar-refractivity contribution in [3.8, 4) is 5.88 Å². The lowest BCUT2D eigenvalue weighted by Gasteiger charge is -2.14. The molecule has 0 aliphatic carbocycles. The van der Waals surface area contributed by atoms with Crippen LogP contribution in [0.15, 0.2) is 36.7 Å². The first kappa shape index (κ1) is 20.7. The molecule has 152 valence electrons. The maximum absolute atomic E-state index is 13.2. The van der Waals surface area contributed by atoms with E-state index in [4.69, 9.17) is 16.3 Å². The van der Waals surface area contributed by atoms with Crippen molar-refractivity contribution in [1.82, 2.24) is 19.7 Å². The molecule has 0 aliphatic heterocycles. The number of halogens is 2. The Morgan fingerprint density at radius 2 is 1.93 bits per heavy atom.